The minimum Gasteiger partial charge on any atom is -0.263 e. The van der Waals surface area contributed by atoms with Crippen molar-refractivity contribution in [2.75, 3.05) is 0 Å². The third-order valence-corrected chi connectivity index (χ3v) is 1.45. The molecule has 1 heterocycles. The molecule has 0 aliphatic carbocycles. The molecule has 1 aromatic rings. The number of halogens is 3. The summed E-state index contributed by atoms with van der Waals surface area (Å²) in [5.41, 5.74) is 0. The van der Waals surface area contributed by atoms with Gasteiger partial charge in [0.25, 0.3) is 0 Å². The highest BCUT2D eigenvalue weighted by Gasteiger charge is 1.90. The van der Waals surface area contributed by atoms with Crippen molar-refractivity contribution in [2.24, 2.45) is 0 Å². The average molecular weight is 184 g/mol. The molecule has 0 amide bonds. The quantitative estimate of drug-likeness (QED) is 0.604. The Labute approximate surface area is 69.4 Å². The topological polar surface area (TPSA) is 12.9 Å². The van der Waals surface area contributed by atoms with Crippen LogP contribution in [0.25, 0.3) is 0 Å². The van der Waals surface area contributed by atoms with Crippen LogP contribution in [0.2, 0.25) is 10.0 Å². The fourth-order valence-corrected chi connectivity index (χ4v) is 0.583. The van der Waals surface area contributed by atoms with Gasteiger partial charge in [-0.1, -0.05) is 23.2 Å². The van der Waals surface area contributed by atoms with E-state index in [4.69, 9.17) is 23.2 Å². The van der Waals surface area contributed by atoms with Crippen molar-refractivity contribution in [3.8, 4) is 0 Å². The highest BCUT2D eigenvalue weighted by atomic mass is 35.5. The maximum absolute atomic E-state index is 5.54. The van der Waals surface area contributed by atoms with Gasteiger partial charge in [-0.15, -0.1) is 12.4 Å². The minimum atomic E-state index is 0. The second-order valence-corrected chi connectivity index (χ2v) is 2.10. The monoisotopic (exact) mass is 183 g/mol. The van der Waals surface area contributed by atoms with E-state index >= 15 is 0 Å². The van der Waals surface area contributed by atoms with Crippen LogP contribution in [0.1, 0.15) is 0 Å². The molecule has 0 radical (unpaired) electrons. The van der Waals surface area contributed by atoms with Crippen molar-refractivity contribution in [2.45, 2.75) is 0 Å². The SMILES string of the molecule is Cl.Clc1ccncc1Cl. The van der Waals surface area contributed by atoms with E-state index in [-0.39, 0.29) is 12.4 Å². The smallest absolute Gasteiger partial charge is 0.0775 e. The van der Waals surface area contributed by atoms with Gasteiger partial charge in [0.15, 0.2) is 0 Å². The van der Waals surface area contributed by atoms with Crippen LogP contribution in [-0.2, 0) is 0 Å². The Morgan fingerprint density at radius 1 is 1.22 bits per heavy atom. The summed E-state index contributed by atoms with van der Waals surface area (Å²) in [6.07, 6.45) is 3.10. The molecule has 9 heavy (non-hydrogen) atoms. The van der Waals surface area contributed by atoms with Crippen LogP contribution in [0, 0.1) is 0 Å². The zero-order chi connectivity index (χ0) is 5.98. The normalized spacial score (nSPS) is 8.22. The zero-order valence-corrected chi connectivity index (χ0v) is 6.67. The second kappa shape index (κ2) is 3.94. The van der Waals surface area contributed by atoms with E-state index < -0.39 is 0 Å². The summed E-state index contributed by atoms with van der Waals surface area (Å²) in [6, 6.07) is 1.64. The number of hydrogen-bond donors (Lipinski definition) is 0. The largest absolute Gasteiger partial charge is 0.263 e. The van der Waals surface area contributed by atoms with Gasteiger partial charge < -0.3 is 0 Å². The fourth-order valence-electron chi connectivity index (χ4n) is 0.358. The summed E-state index contributed by atoms with van der Waals surface area (Å²) in [5.74, 6) is 0. The summed E-state index contributed by atoms with van der Waals surface area (Å²) >= 11 is 11.1. The van der Waals surface area contributed by atoms with Gasteiger partial charge in [-0.25, -0.2) is 0 Å². The highest BCUT2D eigenvalue weighted by Crippen LogP contribution is 2.17. The molecular weight excluding hydrogens is 180 g/mol. The first-order valence-electron chi connectivity index (χ1n) is 2.06. The van der Waals surface area contributed by atoms with E-state index in [0.717, 1.165) is 0 Å². The lowest BCUT2D eigenvalue weighted by Crippen LogP contribution is -1.68. The average Bonchev–Trinajstić information content (AvgIpc) is 1.77. The van der Waals surface area contributed by atoms with Crippen LogP contribution in [0.4, 0.5) is 0 Å². The number of aromatic nitrogens is 1. The third-order valence-electron chi connectivity index (χ3n) is 0.723. The molecule has 0 unspecified atom stereocenters. The molecule has 1 aromatic heterocycles. The Morgan fingerprint density at radius 3 is 2.22 bits per heavy atom. The summed E-state index contributed by atoms with van der Waals surface area (Å²) in [6.45, 7) is 0. The minimum absolute atomic E-state index is 0. The third kappa shape index (κ3) is 2.39. The van der Waals surface area contributed by atoms with Gasteiger partial charge in [0.2, 0.25) is 0 Å². The van der Waals surface area contributed by atoms with Crippen LogP contribution in [-0.4, -0.2) is 4.98 Å². The molecular formula is C5H4Cl3N. The molecule has 0 saturated carbocycles. The molecule has 0 aliphatic rings. The maximum atomic E-state index is 5.54. The van der Waals surface area contributed by atoms with Gasteiger partial charge in [0.1, 0.15) is 0 Å². The van der Waals surface area contributed by atoms with Crippen LogP contribution in [0.3, 0.4) is 0 Å². The molecule has 0 fully saturated rings. The second-order valence-electron chi connectivity index (χ2n) is 1.29. The van der Waals surface area contributed by atoms with Crippen LogP contribution < -0.4 is 0 Å². The van der Waals surface area contributed by atoms with Gasteiger partial charge in [-0.05, 0) is 6.07 Å². The van der Waals surface area contributed by atoms with Crippen LogP contribution in [0.15, 0.2) is 18.5 Å². The van der Waals surface area contributed by atoms with Crippen molar-refractivity contribution in [1.82, 2.24) is 4.98 Å². The Bertz CT molecular complexity index is 168. The molecule has 0 bridgehead atoms. The van der Waals surface area contributed by atoms with Gasteiger partial charge in [0.05, 0.1) is 10.0 Å². The Kier molecular flexibility index (Phi) is 3.95. The van der Waals surface area contributed by atoms with E-state index in [9.17, 15) is 0 Å². The first-order chi connectivity index (χ1) is 3.80. The maximum Gasteiger partial charge on any atom is 0.0775 e. The van der Waals surface area contributed by atoms with Crippen molar-refractivity contribution in [1.29, 1.82) is 0 Å². The van der Waals surface area contributed by atoms with Crippen molar-refractivity contribution < 1.29 is 0 Å². The summed E-state index contributed by atoms with van der Waals surface area (Å²) in [7, 11) is 0. The van der Waals surface area contributed by atoms with Crippen LogP contribution >= 0.6 is 35.6 Å². The van der Waals surface area contributed by atoms with Gasteiger partial charge in [0, 0.05) is 12.4 Å². The molecule has 50 valence electrons. The molecule has 4 heteroatoms. The lowest BCUT2D eigenvalue weighted by molar-refractivity contribution is 1.33. The molecule has 0 aromatic carbocycles. The molecule has 1 rings (SSSR count). The van der Waals surface area contributed by atoms with Gasteiger partial charge >= 0.3 is 0 Å². The first-order valence-corrected chi connectivity index (χ1v) is 2.81. The van der Waals surface area contributed by atoms with Crippen LogP contribution in [0.5, 0.6) is 0 Å². The molecule has 1 nitrogen and oxygen atoms in total. The van der Waals surface area contributed by atoms with E-state index in [2.05, 4.69) is 4.98 Å². The summed E-state index contributed by atoms with van der Waals surface area (Å²) < 4.78 is 0. The summed E-state index contributed by atoms with van der Waals surface area (Å²) in [4.78, 5) is 3.73. The van der Waals surface area contributed by atoms with Crippen molar-refractivity contribution in [3.63, 3.8) is 0 Å². The van der Waals surface area contributed by atoms with E-state index in [1.807, 2.05) is 0 Å². The van der Waals surface area contributed by atoms with E-state index in [0.29, 0.717) is 10.0 Å². The standard InChI is InChI=1S/C5H3Cl2N.ClH/c6-4-1-2-8-3-5(4)7;/h1-3H;1H. The van der Waals surface area contributed by atoms with Crippen molar-refractivity contribution >= 4 is 35.6 Å². The van der Waals surface area contributed by atoms with Crippen molar-refractivity contribution in [3.05, 3.63) is 28.5 Å². The predicted octanol–water partition coefficient (Wildman–Crippen LogP) is 2.81. The Morgan fingerprint density at radius 2 is 1.89 bits per heavy atom. The molecule has 0 saturated heterocycles. The predicted molar refractivity (Wildman–Crippen MR) is 41.5 cm³/mol. The fraction of sp³-hybridized carbons (Fsp3) is 0. The lowest BCUT2D eigenvalue weighted by atomic mass is 10.5. The number of nitrogens with zero attached hydrogens (tertiary/aromatic N) is 1. The first kappa shape index (κ1) is 9.02. The molecule has 0 spiro atoms. The molecule has 0 N–H and O–H groups in total. The molecule has 0 atom stereocenters. The Hall–Kier alpha value is 0.0200. The molecule has 0 aliphatic heterocycles. The van der Waals surface area contributed by atoms with Gasteiger partial charge in [-0.3, -0.25) is 4.98 Å². The van der Waals surface area contributed by atoms with E-state index in [1.165, 1.54) is 6.20 Å². The number of rotatable bonds is 0. The Balaban J connectivity index is 0.000000640. The highest BCUT2D eigenvalue weighted by molar-refractivity contribution is 6.41. The number of pyridine rings is 1. The van der Waals surface area contributed by atoms with Gasteiger partial charge in [-0.2, -0.15) is 0 Å². The lowest BCUT2D eigenvalue weighted by Gasteiger charge is -1.87. The zero-order valence-electron chi connectivity index (χ0n) is 4.34. The summed E-state index contributed by atoms with van der Waals surface area (Å²) in [5, 5.41) is 1.04. The van der Waals surface area contributed by atoms with E-state index in [1.54, 1.807) is 12.3 Å². The number of hydrogen-bond acceptors (Lipinski definition) is 1.